The molecule has 3 aliphatic heterocycles. The van der Waals surface area contributed by atoms with Crippen LogP contribution in [-0.4, -0.2) is 180 Å². The largest absolute Gasteiger partial charge is 0.481 e. The highest BCUT2D eigenvalue weighted by molar-refractivity contribution is 5.75. The minimum absolute atomic E-state index is 0.00993. The van der Waals surface area contributed by atoms with Crippen LogP contribution in [0.1, 0.15) is 71.6 Å². The van der Waals surface area contributed by atoms with Crippen molar-refractivity contribution < 1.29 is 89.4 Å². The molecule has 0 aromatic rings. The molecule has 56 heavy (non-hydrogen) atoms. The first-order valence-corrected chi connectivity index (χ1v) is 19.9. The van der Waals surface area contributed by atoms with Gasteiger partial charge in [-0.25, -0.2) is 0 Å². The van der Waals surface area contributed by atoms with Gasteiger partial charge in [-0.15, -0.1) is 0 Å². The van der Waals surface area contributed by atoms with Crippen LogP contribution in [0, 0.1) is 28.1 Å². The maximum absolute atomic E-state index is 12.7. The van der Waals surface area contributed by atoms with Gasteiger partial charge in [-0.3, -0.25) is 4.79 Å². The van der Waals surface area contributed by atoms with Crippen molar-refractivity contribution in [3.05, 3.63) is 12.2 Å². The van der Waals surface area contributed by atoms with E-state index < -0.39 is 129 Å². The summed E-state index contributed by atoms with van der Waals surface area (Å²) in [6.45, 7) is 6.28. The fourth-order valence-electron chi connectivity index (χ4n) is 12.1. The van der Waals surface area contributed by atoms with E-state index in [1.54, 1.807) is 0 Å². The highest BCUT2D eigenvalue weighted by atomic mass is 16.8. The van der Waals surface area contributed by atoms with E-state index in [0.717, 1.165) is 31.3 Å². The van der Waals surface area contributed by atoms with Crippen molar-refractivity contribution in [2.45, 2.75) is 169 Å². The molecular formula is C38H60O18. The lowest BCUT2D eigenvalue weighted by Crippen LogP contribution is -2.68. The van der Waals surface area contributed by atoms with Crippen LogP contribution < -0.4 is 0 Å². The lowest BCUT2D eigenvalue weighted by atomic mass is 9.41. The third kappa shape index (κ3) is 6.69. The maximum atomic E-state index is 12.7. The fourth-order valence-corrected chi connectivity index (χ4v) is 12.1. The molecule has 7 rings (SSSR count). The Morgan fingerprint density at radius 3 is 1.75 bits per heavy atom. The summed E-state index contributed by atoms with van der Waals surface area (Å²) in [4.78, 5) is 12.7. The van der Waals surface area contributed by atoms with Crippen LogP contribution in [-0.2, 0) is 33.2 Å². The number of carbonyl (C=O) groups is 1. The highest BCUT2D eigenvalue weighted by Crippen LogP contribution is 2.73. The van der Waals surface area contributed by atoms with E-state index in [1.807, 2.05) is 6.92 Å². The van der Waals surface area contributed by atoms with E-state index in [1.165, 1.54) is 0 Å². The van der Waals surface area contributed by atoms with Crippen LogP contribution in [0.2, 0.25) is 0 Å². The second-order valence-electron chi connectivity index (χ2n) is 18.0. The Morgan fingerprint density at radius 1 is 0.679 bits per heavy atom. The molecule has 18 nitrogen and oxygen atoms in total. The second kappa shape index (κ2) is 15.6. The van der Waals surface area contributed by atoms with Crippen molar-refractivity contribution in [1.29, 1.82) is 0 Å². The van der Waals surface area contributed by atoms with Crippen LogP contribution in [0.25, 0.3) is 0 Å². The minimum atomic E-state index is -1.91. The molecule has 13 unspecified atom stereocenters. The third-order valence-electron chi connectivity index (χ3n) is 15.0. The Hall–Kier alpha value is -1.43. The van der Waals surface area contributed by atoms with E-state index >= 15 is 0 Å². The number of aliphatic carboxylic acids is 1. The molecule has 0 aromatic carbocycles. The molecule has 4 aliphatic carbocycles. The quantitative estimate of drug-likeness (QED) is 0.0812. The first kappa shape index (κ1) is 42.7. The van der Waals surface area contributed by atoms with Gasteiger partial charge in [-0.05, 0) is 86.5 Å². The van der Waals surface area contributed by atoms with E-state index in [0.29, 0.717) is 32.1 Å². The van der Waals surface area contributed by atoms with Crippen LogP contribution >= 0.6 is 0 Å². The Bertz CT molecular complexity index is 1450. The van der Waals surface area contributed by atoms with Gasteiger partial charge in [0.15, 0.2) is 18.9 Å². The maximum Gasteiger partial charge on any atom is 0.309 e. The molecule has 0 radical (unpaired) electrons. The molecule has 7 fully saturated rings. The predicted molar refractivity (Wildman–Crippen MR) is 187 cm³/mol. The van der Waals surface area contributed by atoms with Crippen LogP contribution in [0.4, 0.5) is 0 Å². The van der Waals surface area contributed by atoms with Gasteiger partial charge < -0.3 is 84.6 Å². The summed E-state index contributed by atoms with van der Waals surface area (Å²) in [5.74, 6) is -0.606. The summed E-state index contributed by atoms with van der Waals surface area (Å²) in [7, 11) is 0. The number of carboxylic acid groups (broad SMARTS) is 1. The average molecular weight is 805 g/mol. The molecule has 2 bridgehead atoms. The van der Waals surface area contributed by atoms with Crippen molar-refractivity contribution in [3.63, 3.8) is 0 Å². The molecule has 320 valence electrons. The molecular weight excluding hydrogens is 744 g/mol. The second-order valence-corrected chi connectivity index (χ2v) is 18.0. The SMILES string of the molecule is C=C1C[C@@]23CCC4C(C)(CCC[C@@]4(C)C(=O)O)C2CCC1(OC1O[C@H](CO)C(O)[C@H](OC2O[C@H](CO)C(O)[C@H](O)C2O)C1OC1O[C@H](CO)C(O)[C@H](O)C1O)C3. The number of carboxylic acids is 1. The number of aliphatic hydroxyl groups is 10. The molecule has 21 atom stereocenters. The zero-order valence-corrected chi connectivity index (χ0v) is 31.8. The van der Waals surface area contributed by atoms with Gasteiger partial charge in [0.05, 0.1) is 30.8 Å². The summed E-state index contributed by atoms with van der Waals surface area (Å²) in [5.41, 5.74) is -1.63. The molecule has 18 heteroatoms. The van der Waals surface area contributed by atoms with E-state index in [-0.39, 0.29) is 22.7 Å². The van der Waals surface area contributed by atoms with Gasteiger partial charge in [0.1, 0.15) is 73.2 Å². The van der Waals surface area contributed by atoms with Crippen LogP contribution in [0.3, 0.4) is 0 Å². The number of rotatable bonds is 10. The number of ether oxygens (including phenoxy) is 6. The molecule has 0 aromatic heterocycles. The van der Waals surface area contributed by atoms with Crippen molar-refractivity contribution in [3.8, 4) is 0 Å². The predicted octanol–water partition coefficient (Wildman–Crippen LogP) is -2.37. The van der Waals surface area contributed by atoms with Crippen LogP contribution in [0.15, 0.2) is 12.2 Å². The zero-order chi connectivity index (χ0) is 40.7. The van der Waals surface area contributed by atoms with Crippen LogP contribution in [0.5, 0.6) is 0 Å². The lowest BCUT2D eigenvalue weighted by molar-refractivity contribution is -0.400. The molecule has 11 N–H and O–H groups in total. The van der Waals surface area contributed by atoms with Gasteiger partial charge in [0.25, 0.3) is 0 Å². The fraction of sp³-hybridized carbons (Fsp3) is 0.921. The summed E-state index contributed by atoms with van der Waals surface area (Å²) in [6, 6.07) is 0. The summed E-state index contributed by atoms with van der Waals surface area (Å²) in [5, 5.41) is 116. The molecule has 3 heterocycles. The van der Waals surface area contributed by atoms with Crippen molar-refractivity contribution in [2.75, 3.05) is 19.8 Å². The monoisotopic (exact) mass is 804 g/mol. The van der Waals surface area contributed by atoms with Gasteiger partial charge in [-0.1, -0.05) is 19.9 Å². The van der Waals surface area contributed by atoms with Crippen molar-refractivity contribution in [2.24, 2.45) is 28.1 Å². The smallest absolute Gasteiger partial charge is 0.309 e. The average Bonchev–Trinajstić information content (AvgIpc) is 3.36. The standard InChI is InChI=1S/C38H60O18/c1-16-11-37-9-5-20-35(2,7-4-8-36(20,3)34(49)50)21(37)6-10-38(16,15-37)56-33-30(55-32-28(48)26(46)23(43)18(13-40)52-32)29(24(44)19(14-41)53-33)54-31-27(47)25(45)22(42)17(12-39)51-31/h17-33,39-48H,1,4-15H2,2-3H3,(H,49,50)/t17-,18-,19-,20?,21?,22?,23?,24?,25+,26+,27?,28?,29+,30?,31?,32?,33?,35?,36-,37-,38?/m1/s1. The third-order valence-corrected chi connectivity index (χ3v) is 15.0. The Balaban J connectivity index is 1.21. The van der Waals surface area contributed by atoms with Crippen molar-refractivity contribution in [1.82, 2.24) is 0 Å². The van der Waals surface area contributed by atoms with E-state index in [9.17, 15) is 61.0 Å². The molecule has 7 aliphatic rings. The lowest BCUT2D eigenvalue weighted by Gasteiger charge is -2.64. The Morgan fingerprint density at radius 2 is 1.20 bits per heavy atom. The number of aliphatic hydroxyl groups excluding tert-OH is 10. The summed E-state index contributed by atoms with van der Waals surface area (Å²) in [6.07, 6.45) is -19.3. The number of fused-ring (bicyclic) bond motifs is 3. The minimum Gasteiger partial charge on any atom is -0.481 e. The first-order valence-electron chi connectivity index (χ1n) is 19.9. The molecule has 0 amide bonds. The molecule has 1 spiro atoms. The van der Waals surface area contributed by atoms with Gasteiger partial charge in [0.2, 0.25) is 0 Å². The van der Waals surface area contributed by atoms with Gasteiger partial charge in [0, 0.05) is 0 Å². The van der Waals surface area contributed by atoms with E-state index in [2.05, 4.69) is 13.5 Å². The zero-order valence-electron chi connectivity index (χ0n) is 31.8. The number of hydrogen-bond acceptors (Lipinski definition) is 17. The highest BCUT2D eigenvalue weighted by Gasteiger charge is 2.69. The Kier molecular flexibility index (Phi) is 11.9. The normalized spacial score (nSPS) is 54.6. The van der Waals surface area contributed by atoms with Gasteiger partial charge in [-0.2, -0.15) is 0 Å². The number of hydrogen-bond donors (Lipinski definition) is 11. The first-order chi connectivity index (χ1) is 26.4. The topological polar surface area (TPSA) is 295 Å². The Labute approximate surface area is 324 Å². The van der Waals surface area contributed by atoms with Crippen molar-refractivity contribution >= 4 is 5.97 Å². The molecule has 4 saturated carbocycles. The van der Waals surface area contributed by atoms with E-state index in [4.69, 9.17) is 28.4 Å². The van der Waals surface area contributed by atoms with Gasteiger partial charge >= 0.3 is 5.97 Å². The summed E-state index contributed by atoms with van der Waals surface area (Å²) >= 11 is 0. The molecule has 3 saturated heterocycles. The summed E-state index contributed by atoms with van der Waals surface area (Å²) < 4.78 is 36.7.